The molecule has 0 aromatic rings. The van der Waals surface area contributed by atoms with Gasteiger partial charge in [-0.05, 0) is 57.8 Å². The maximum absolute atomic E-state index is 12.8. The molecule has 0 aliphatic carbocycles. The summed E-state index contributed by atoms with van der Waals surface area (Å²) in [4.78, 5) is 38.2. The van der Waals surface area contributed by atoms with Gasteiger partial charge in [-0.2, -0.15) is 0 Å². The lowest BCUT2D eigenvalue weighted by molar-refractivity contribution is -0.167. The first-order valence-electron chi connectivity index (χ1n) is 30.6. The highest BCUT2D eigenvalue weighted by Crippen LogP contribution is 2.17. The van der Waals surface area contributed by atoms with Crippen molar-refractivity contribution in [2.75, 3.05) is 13.2 Å². The maximum Gasteiger partial charge on any atom is 0.306 e. The van der Waals surface area contributed by atoms with Gasteiger partial charge in [-0.1, -0.05) is 294 Å². The molecule has 0 aliphatic heterocycles. The largest absolute Gasteiger partial charge is 0.462 e. The Labute approximate surface area is 435 Å². The van der Waals surface area contributed by atoms with E-state index in [1.54, 1.807) is 0 Å². The Morgan fingerprint density at radius 1 is 0.300 bits per heavy atom. The average Bonchev–Trinajstić information content (AvgIpc) is 3.36. The van der Waals surface area contributed by atoms with E-state index in [4.69, 9.17) is 14.2 Å². The molecule has 0 aromatic carbocycles. The van der Waals surface area contributed by atoms with Gasteiger partial charge in [0.15, 0.2) is 6.10 Å². The molecule has 0 rings (SSSR count). The van der Waals surface area contributed by atoms with Gasteiger partial charge >= 0.3 is 17.9 Å². The standard InChI is InChI=1S/C64H116O6/c1-4-7-10-13-16-19-22-25-28-29-30-31-32-33-34-37-39-42-45-48-51-54-57-63(66)69-60-61(70-64(67)58-55-52-49-46-43-40-36-27-24-21-18-15-12-9-6-3)59-68-62(65)56-53-50-47-44-41-38-35-26-23-20-17-14-11-8-5-2/h9,12,18,21,27,36,43,46,61H,4-8,10-11,13-17,19-20,22-26,28-35,37-42,44-45,47-60H2,1-3H3/b12-9-,21-18-,36-27-,46-43-. The molecule has 0 saturated heterocycles. The molecular formula is C64H116O6. The molecule has 70 heavy (non-hydrogen) atoms. The first-order valence-corrected chi connectivity index (χ1v) is 30.6. The molecule has 0 fully saturated rings. The van der Waals surface area contributed by atoms with Gasteiger partial charge in [-0.3, -0.25) is 14.4 Å². The second-order valence-electron chi connectivity index (χ2n) is 20.6. The van der Waals surface area contributed by atoms with E-state index in [0.717, 1.165) is 77.0 Å². The van der Waals surface area contributed by atoms with Gasteiger partial charge in [-0.15, -0.1) is 0 Å². The average molecular weight is 982 g/mol. The minimum Gasteiger partial charge on any atom is -0.462 e. The van der Waals surface area contributed by atoms with Crippen LogP contribution < -0.4 is 0 Å². The second kappa shape index (κ2) is 58.9. The molecule has 0 spiro atoms. The molecule has 408 valence electrons. The first-order chi connectivity index (χ1) is 34.5. The Morgan fingerprint density at radius 2 is 0.557 bits per heavy atom. The third-order valence-corrected chi connectivity index (χ3v) is 13.6. The van der Waals surface area contributed by atoms with Crippen LogP contribution in [0, 0.1) is 0 Å². The van der Waals surface area contributed by atoms with Crippen molar-refractivity contribution in [3.05, 3.63) is 48.6 Å². The van der Waals surface area contributed by atoms with Crippen LogP contribution in [0.5, 0.6) is 0 Å². The molecule has 1 unspecified atom stereocenters. The van der Waals surface area contributed by atoms with Crippen LogP contribution in [0.1, 0.15) is 323 Å². The summed E-state index contributed by atoms with van der Waals surface area (Å²) in [6.07, 6.45) is 72.6. The van der Waals surface area contributed by atoms with Crippen molar-refractivity contribution in [2.24, 2.45) is 0 Å². The monoisotopic (exact) mass is 981 g/mol. The highest BCUT2D eigenvalue weighted by atomic mass is 16.6. The minimum absolute atomic E-state index is 0.0852. The van der Waals surface area contributed by atoms with E-state index in [1.165, 1.54) is 199 Å². The third-order valence-electron chi connectivity index (χ3n) is 13.6. The summed E-state index contributed by atoms with van der Waals surface area (Å²) in [7, 11) is 0. The van der Waals surface area contributed by atoms with Crippen molar-refractivity contribution in [1.82, 2.24) is 0 Å². The number of esters is 3. The zero-order chi connectivity index (χ0) is 50.7. The Kier molecular flexibility index (Phi) is 56.7. The van der Waals surface area contributed by atoms with E-state index in [9.17, 15) is 14.4 Å². The van der Waals surface area contributed by atoms with Gasteiger partial charge in [0, 0.05) is 19.3 Å². The molecule has 0 aliphatic rings. The van der Waals surface area contributed by atoms with Crippen molar-refractivity contribution in [1.29, 1.82) is 0 Å². The van der Waals surface area contributed by atoms with Crippen LogP contribution in [0.4, 0.5) is 0 Å². The molecule has 0 radical (unpaired) electrons. The number of unbranched alkanes of at least 4 members (excludes halogenated alkanes) is 37. The van der Waals surface area contributed by atoms with Crippen LogP contribution in [0.3, 0.4) is 0 Å². The Bertz CT molecular complexity index is 1220. The van der Waals surface area contributed by atoms with Gasteiger partial charge in [-0.25, -0.2) is 0 Å². The summed E-state index contributed by atoms with van der Waals surface area (Å²) in [5.41, 5.74) is 0. The fraction of sp³-hybridized carbons (Fsp3) is 0.828. The molecule has 0 bridgehead atoms. The minimum atomic E-state index is -0.791. The van der Waals surface area contributed by atoms with Crippen molar-refractivity contribution in [2.45, 2.75) is 329 Å². The van der Waals surface area contributed by atoms with Gasteiger partial charge in [0.25, 0.3) is 0 Å². The van der Waals surface area contributed by atoms with Crippen LogP contribution in [-0.4, -0.2) is 37.2 Å². The van der Waals surface area contributed by atoms with Gasteiger partial charge in [0.05, 0.1) is 0 Å². The number of ether oxygens (including phenoxy) is 3. The van der Waals surface area contributed by atoms with E-state index in [2.05, 4.69) is 69.4 Å². The van der Waals surface area contributed by atoms with Crippen molar-refractivity contribution in [3.63, 3.8) is 0 Å². The lowest BCUT2D eigenvalue weighted by atomic mass is 10.0. The summed E-state index contributed by atoms with van der Waals surface area (Å²) < 4.78 is 16.9. The summed E-state index contributed by atoms with van der Waals surface area (Å²) in [5.74, 6) is -0.907. The fourth-order valence-electron chi connectivity index (χ4n) is 9.02. The van der Waals surface area contributed by atoms with E-state index >= 15 is 0 Å². The number of hydrogen-bond acceptors (Lipinski definition) is 6. The van der Waals surface area contributed by atoms with Crippen LogP contribution in [0.15, 0.2) is 48.6 Å². The molecule has 0 N–H and O–H groups in total. The summed E-state index contributed by atoms with van der Waals surface area (Å²) in [6, 6.07) is 0. The van der Waals surface area contributed by atoms with Crippen LogP contribution in [-0.2, 0) is 28.6 Å². The summed E-state index contributed by atoms with van der Waals surface area (Å²) >= 11 is 0. The molecular weight excluding hydrogens is 865 g/mol. The van der Waals surface area contributed by atoms with E-state index in [1.807, 2.05) is 0 Å². The van der Waals surface area contributed by atoms with E-state index in [-0.39, 0.29) is 37.5 Å². The number of allylic oxidation sites excluding steroid dienone is 8. The smallest absolute Gasteiger partial charge is 0.306 e. The molecule has 6 heteroatoms. The van der Waals surface area contributed by atoms with Crippen LogP contribution in [0.25, 0.3) is 0 Å². The molecule has 0 saturated carbocycles. The first kappa shape index (κ1) is 67.4. The predicted octanol–water partition coefficient (Wildman–Crippen LogP) is 20.6. The lowest BCUT2D eigenvalue weighted by Crippen LogP contribution is -2.30. The second-order valence-corrected chi connectivity index (χ2v) is 20.6. The zero-order valence-electron chi connectivity index (χ0n) is 46.8. The molecule has 6 nitrogen and oxygen atoms in total. The lowest BCUT2D eigenvalue weighted by Gasteiger charge is -2.18. The number of rotatable bonds is 56. The highest BCUT2D eigenvalue weighted by Gasteiger charge is 2.19. The van der Waals surface area contributed by atoms with Gasteiger partial charge in [0.1, 0.15) is 13.2 Å². The van der Waals surface area contributed by atoms with Crippen molar-refractivity contribution >= 4 is 17.9 Å². The highest BCUT2D eigenvalue weighted by molar-refractivity contribution is 5.71. The Balaban J connectivity index is 4.32. The topological polar surface area (TPSA) is 78.9 Å². The summed E-state index contributed by atoms with van der Waals surface area (Å²) in [5, 5.41) is 0. The van der Waals surface area contributed by atoms with Crippen LogP contribution in [0.2, 0.25) is 0 Å². The number of carbonyl (C=O) groups is 3. The van der Waals surface area contributed by atoms with Gasteiger partial charge in [0.2, 0.25) is 0 Å². The number of carbonyl (C=O) groups excluding carboxylic acids is 3. The third kappa shape index (κ3) is 56.3. The molecule has 0 amide bonds. The van der Waals surface area contributed by atoms with Gasteiger partial charge < -0.3 is 14.2 Å². The maximum atomic E-state index is 12.8. The van der Waals surface area contributed by atoms with E-state index < -0.39 is 6.10 Å². The normalized spacial score (nSPS) is 12.3. The Hall–Kier alpha value is -2.63. The van der Waals surface area contributed by atoms with Crippen LogP contribution >= 0.6 is 0 Å². The zero-order valence-corrected chi connectivity index (χ0v) is 46.8. The SMILES string of the molecule is CC/C=C\C/C=C\C/C=C\C/C=C\CCCCC(=O)OC(COC(=O)CCCCCCCCCCCCCCCCC)COC(=O)CCCCCCCCCCCCCCCCCCCCCCCC. The molecule has 1 atom stereocenters. The van der Waals surface area contributed by atoms with E-state index in [0.29, 0.717) is 19.3 Å². The van der Waals surface area contributed by atoms with Crippen molar-refractivity contribution < 1.29 is 28.6 Å². The summed E-state index contributed by atoms with van der Waals surface area (Å²) in [6.45, 7) is 6.54. The molecule has 0 aromatic heterocycles. The Morgan fingerprint density at radius 3 is 0.871 bits per heavy atom. The quantitative estimate of drug-likeness (QED) is 0.0261. The van der Waals surface area contributed by atoms with Crippen molar-refractivity contribution in [3.8, 4) is 0 Å². The predicted molar refractivity (Wildman–Crippen MR) is 302 cm³/mol. The molecule has 0 heterocycles. The number of hydrogen-bond donors (Lipinski definition) is 0. The fourth-order valence-corrected chi connectivity index (χ4v) is 9.02.